The molecule has 21 heavy (non-hydrogen) atoms. The van der Waals surface area contributed by atoms with Crippen molar-refractivity contribution in [3.8, 4) is 0 Å². The first-order chi connectivity index (χ1) is 9.99. The molecule has 0 saturated carbocycles. The van der Waals surface area contributed by atoms with Crippen LogP contribution in [0.4, 0.5) is 0 Å². The van der Waals surface area contributed by atoms with Crippen LogP contribution in [0.5, 0.6) is 0 Å². The normalized spacial score (nSPS) is 27.1. The molecular weight excluding hydrogens is 262 g/mol. The second-order valence-corrected chi connectivity index (χ2v) is 7.77. The van der Waals surface area contributed by atoms with Crippen molar-refractivity contribution in [2.75, 3.05) is 46.4 Å². The van der Waals surface area contributed by atoms with Crippen LogP contribution in [-0.4, -0.2) is 73.9 Å². The lowest BCUT2D eigenvalue weighted by Gasteiger charge is -2.34. The van der Waals surface area contributed by atoms with Gasteiger partial charge in [-0.1, -0.05) is 6.42 Å². The van der Waals surface area contributed by atoms with Crippen molar-refractivity contribution in [2.24, 2.45) is 0 Å². The minimum absolute atomic E-state index is 0.179. The Balaban J connectivity index is 1.83. The summed E-state index contributed by atoms with van der Waals surface area (Å²) in [5.74, 6) is 0. The number of hydrogen-bond acceptors (Lipinski definition) is 4. The molecule has 2 saturated heterocycles. The molecule has 2 rings (SSSR count). The summed E-state index contributed by atoms with van der Waals surface area (Å²) in [6, 6.07) is 1.28. The molecule has 0 radical (unpaired) electrons. The standard InChI is InChI=1S/C17H35N3O/c1-17(2,3)18-12-16(14-21-4)20-11-8-15(13-20)19-9-6-5-7-10-19/h15-16,18H,5-14H2,1-4H3. The second kappa shape index (κ2) is 7.91. The van der Waals surface area contributed by atoms with E-state index in [1.165, 1.54) is 51.9 Å². The molecule has 2 heterocycles. The van der Waals surface area contributed by atoms with E-state index < -0.39 is 0 Å². The van der Waals surface area contributed by atoms with Crippen molar-refractivity contribution in [1.82, 2.24) is 15.1 Å². The molecule has 2 unspecified atom stereocenters. The van der Waals surface area contributed by atoms with Crippen LogP contribution in [0, 0.1) is 0 Å². The Morgan fingerprint density at radius 1 is 1.14 bits per heavy atom. The molecule has 0 aromatic rings. The molecular formula is C17H35N3O. The van der Waals surface area contributed by atoms with E-state index in [-0.39, 0.29) is 5.54 Å². The molecule has 2 aliphatic rings. The van der Waals surface area contributed by atoms with Gasteiger partial charge in [-0.15, -0.1) is 0 Å². The minimum Gasteiger partial charge on any atom is -0.383 e. The molecule has 0 spiro atoms. The molecule has 0 amide bonds. The largest absolute Gasteiger partial charge is 0.383 e. The fourth-order valence-electron chi connectivity index (χ4n) is 3.59. The van der Waals surface area contributed by atoms with Gasteiger partial charge in [0.1, 0.15) is 0 Å². The third-order valence-corrected chi connectivity index (χ3v) is 4.85. The Morgan fingerprint density at radius 2 is 1.86 bits per heavy atom. The highest BCUT2D eigenvalue weighted by atomic mass is 16.5. The van der Waals surface area contributed by atoms with Gasteiger partial charge in [0.05, 0.1) is 6.61 Å². The summed E-state index contributed by atoms with van der Waals surface area (Å²) in [5, 5.41) is 3.64. The lowest BCUT2D eigenvalue weighted by Crippen LogP contribution is -2.50. The van der Waals surface area contributed by atoms with Gasteiger partial charge in [0.2, 0.25) is 0 Å². The van der Waals surface area contributed by atoms with E-state index in [1.54, 1.807) is 0 Å². The molecule has 0 aromatic carbocycles. The van der Waals surface area contributed by atoms with E-state index >= 15 is 0 Å². The van der Waals surface area contributed by atoms with E-state index in [0.29, 0.717) is 6.04 Å². The van der Waals surface area contributed by atoms with E-state index in [0.717, 1.165) is 19.2 Å². The predicted molar refractivity (Wildman–Crippen MR) is 88.8 cm³/mol. The van der Waals surface area contributed by atoms with Crippen LogP contribution in [0.1, 0.15) is 46.5 Å². The molecule has 1 N–H and O–H groups in total. The zero-order valence-corrected chi connectivity index (χ0v) is 14.5. The summed E-state index contributed by atoms with van der Waals surface area (Å²) in [6.45, 7) is 13.6. The van der Waals surface area contributed by atoms with E-state index in [4.69, 9.17) is 4.74 Å². The summed E-state index contributed by atoms with van der Waals surface area (Å²) in [5.41, 5.74) is 0.179. The van der Waals surface area contributed by atoms with Crippen molar-refractivity contribution in [1.29, 1.82) is 0 Å². The third kappa shape index (κ3) is 5.51. The minimum atomic E-state index is 0.179. The average Bonchev–Trinajstić information content (AvgIpc) is 2.93. The quantitative estimate of drug-likeness (QED) is 0.811. The van der Waals surface area contributed by atoms with Gasteiger partial charge in [-0.2, -0.15) is 0 Å². The van der Waals surface area contributed by atoms with Crippen LogP contribution in [-0.2, 0) is 4.74 Å². The molecule has 0 aliphatic carbocycles. The highest BCUT2D eigenvalue weighted by molar-refractivity contribution is 4.89. The van der Waals surface area contributed by atoms with E-state index in [1.807, 2.05) is 7.11 Å². The summed E-state index contributed by atoms with van der Waals surface area (Å²) in [7, 11) is 1.82. The first-order valence-corrected chi connectivity index (χ1v) is 8.71. The molecule has 4 nitrogen and oxygen atoms in total. The number of nitrogens with one attached hydrogen (secondary N) is 1. The fraction of sp³-hybridized carbons (Fsp3) is 1.00. The van der Waals surface area contributed by atoms with Crippen LogP contribution >= 0.6 is 0 Å². The van der Waals surface area contributed by atoms with Gasteiger partial charge in [0, 0.05) is 44.4 Å². The monoisotopic (exact) mass is 297 g/mol. The van der Waals surface area contributed by atoms with Crippen molar-refractivity contribution in [3.63, 3.8) is 0 Å². The Morgan fingerprint density at radius 3 is 2.48 bits per heavy atom. The maximum absolute atomic E-state index is 5.47. The van der Waals surface area contributed by atoms with Crippen LogP contribution in [0.3, 0.4) is 0 Å². The summed E-state index contributed by atoms with van der Waals surface area (Å²) in [6.07, 6.45) is 5.54. The summed E-state index contributed by atoms with van der Waals surface area (Å²) < 4.78 is 5.47. The van der Waals surface area contributed by atoms with Crippen LogP contribution < -0.4 is 5.32 Å². The molecule has 2 aliphatic heterocycles. The highest BCUT2D eigenvalue weighted by Crippen LogP contribution is 2.21. The molecule has 0 bridgehead atoms. The molecule has 124 valence electrons. The topological polar surface area (TPSA) is 27.7 Å². The van der Waals surface area contributed by atoms with Gasteiger partial charge in [-0.25, -0.2) is 0 Å². The smallest absolute Gasteiger partial charge is 0.0630 e. The zero-order valence-electron chi connectivity index (χ0n) is 14.5. The van der Waals surface area contributed by atoms with Crippen LogP contribution in [0.25, 0.3) is 0 Å². The Bertz CT molecular complexity index is 297. The summed E-state index contributed by atoms with van der Waals surface area (Å²) >= 11 is 0. The van der Waals surface area contributed by atoms with Gasteiger partial charge in [-0.05, 0) is 53.1 Å². The lowest BCUT2D eigenvalue weighted by atomic mass is 10.1. The zero-order chi connectivity index (χ0) is 15.3. The average molecular weight is 297 g/mol. The molecule has 2 atom stereocenters. The van der Waals surface area contributed by atoms with Crippen molar-refractivity contribution >= 4 is 0 Å². The first kappa shape index (κ1) is 17.2. The van der Waals surface area contributed by atoms with Gasteiger partial charge in [-0.3, -0.25) is 9.80 Å². The van der Waals surface area contributed by atoms with Crippen LogP contribution in [0.15, 0.2) is 0 Å². The van der Waals surface area contributed by atoms with Gasteiger partial charge in [0.15, 0.2) is 0 Å². The third-order valence-electron chi connectivity index (χ3n) is 4.85. The number of ether oxygens (including phenoxy) is 1. The predicted octanol–water partition coefficient (Wildman–Crippen LogP) is 1.95. The number of likely N-dealkylation sites (tertiary alicyclic amines) is 2. The SMILES string of the molecule is COCC(CNC(C)(C)C)N1CCC(N2CCCCC2)C1. The fourth-order valence-corrected chi connectivity index (χ4v) is 3.59. The van der Waals surface area contributed by atoms with Crippen molar-refractivity contribution in [3.05, 3.63) is 0 Å². The van der Waals surface area contributed by atoms with E-state index in [2.05, 4.69) is 35.9 Å². The lowest BCUT2D eigenvalue weighted by molar-refractivity contribution is 0.0902. The first-order valence-electron chi connectivity index (χ1n) is 8.71. The van der Waals surface area contributed by atoms with Crippen LogP contribution in [0.2, 0.25) is 0 Å². The number of piperidine rings is 1. The highest BCUT2D eigenvalue weighted by Gasteiger charge is 2.32. The van der Waals surface area contributed by atoms with Gasteiger partial charge in [0.25, 0.3) is 0 Å². The van der Waals surface area contributed by atoms with Crippen molar-refractivity contribution in [2.45, 2.75) is 64.1 Å². The van der Waals surface area contributed by atoms with E-state index in [9.17, 15) is 0 Å². The second-order valence-electron chi connectivity index (χ2n) is 7.77. The number of nitrogens with zero attached hydrogens (tertiary/aromatic N) is 2. The maximum Gasteiger partial charge on any atom is 0.0630 e. The Hall–Kier alpha value is -0.160. The van der Waals surface area contributed by atoms with Crippen molar-refractivity contribution < 1.29 is 4.74 Å². The van der Waals surface area contributed by atoms with Gasteiger partial charge < -0.3 is 10.1 Å². The maximum atomic E-state index is 5.47. The van der Waals surface area contributed by atoms with Gasteiger partial charge >= 0.3 is 0 Å². The number of methoxy groups -OCH3 is 1. The molecule has 2 fully saturated rings. The molecule has 4 heteroatoms. The number of rotatable bonds is 6. The molecule has 0 aromatic heterocycles. The number of hydrogen-bond donors (Lipinski definition) is 1. The Kier molecular flexibility index (Phi) is 6.48. The summed E-state index contributed by atoms with van der Waals surface area (Å²) in [4.78, 5) is 5.37. The Labute approximate surface area is 131 Å².